The highest BCUT2D eigenvalue weighted by molar-refractivity contribution is 5.82. The van der Waals surface area contributed by atoms with E-state index in [9.17, 15) is 4.79 Å². The van der Waals surface area contributed by atoms with Crippen molar-refractivity contribution in [1.29, 1.82) is 0 Å². The van der Waals surface area contributed by atoms with E-state index in [-0.39, 0.29) is 17.4 Å². The molecule has 2 atom stereocenters. The van der Waals surface area contributed by atoms with Gasteiger partial charge >= 0.3 is 0 Å². The first kappa shape index (κ1) is 16.5. The van der Waals surface area contributed by atoms with E-state index in [1.54, 1.807) is 0 Å². The van der Waals surface area contributed by atoms with Gasteiger partial charge in [0, 0.05) is 23.7 Å². The van der Waals surface area contributed by atoms with Gasteiger partial charge in [-0.2, -0.15) is 0 Å². The van der Waals surface area contributed by atoms with E-state index in [1.807, 2.05) is 30.3 Å². The Labute approximate surface area is 123 Å². The highest BCUT2D eigenvalue weighted by Crippen LogP contribution is 2.27. The fourth-order valence-corrected chi connectivity index (χ4v) is 2.33. The number of hydrogen-bond donors (Lipinski definition) is 2. The number of rotatable bonds is 8. The number of anilines is 1. The lowest BCUT2D eigenvalue weighted by Crippen LogP contribution is -2.42. The van der Waals surface area contributed by atoms with Gasteiger partial charge < -0.3 is 10.6 Å². The molecule has 3 nitrogen and oxygen atoms in total. The number of benzene rings is 1. The summed E-state index contributed by atoms with van der Waals surface area (Å²) in [6.07, 6.45) is 2.86. The second-order valence-corrected chi connectivity index (χ2v) is 5.79. The van der Waals surface area contributed by atoms with E-state index in [0.29, 0.717) is 6.54 Å². The zero-order valence-electron chi connectivity index (χ0n) is 13.2. The first-order valence-electron chi connectivity index (χ1n) is 7.61. The molecule has 3 heteroatoms. The minimum absolute atomic E-state index is 0.170. The molecule has 0 saturated carbocycles. The van der Waals surface area contributed by atoms with Crippen molar-refractivity contribution in [3.05, 3.63) is 30.3 Å². The van der Waals surface area contributed by atoms with Crippen LogP contribution in [0.4, 0.5) is 5.69 Å². The lowest BCUT2D eigenvalue weighted by molar-refractivity contribution is -0.130. The van der Waals surface area contributed by atoms with Crippen LogP contribution in [0.15, 0.2) is 30.3 Å². The van der Waals surface area contributed by atoms with E-state index >= 15 is 0 Å². The molecule has 0 aromatic heterocycles. The van der Waals surface area contributed by atoms with Gasteiger partial charge in [0.05, 0.1) is 0 Å². The SMILES string of the molecule is CCCC(C)(CC)C(=O)NCC(C)Nc1ccccc1. The molecule has 0 bridgehead atoms. The molecular weight excluding hydrogens is 248 g/mol. The number of hydrogen-bond acceptors (Lipinski definition) is 2. The van der Waals surface area contributed by atoms with Gasteiger partial charge in [-0.15, -0.1) is 0 Å². The summed E-state index contributed by atoms with van der Waals surface area (Å²) in [6.45, 7) is 8.99. The Balaban J connectivity index is 2.44. The van der Waals surface area contributed by atoms with Crippen LogP contribution >= 0.6 is 0 Å². The molecule has 0 aliphatic rings. The summed E-state index contributed by atoms with van der Waals surface area (Å²) >= 11 is 0. The van der Waals surface area contributed by atoms with Crippen LogP contribution in [0.2, 0.25) is 0 Å². The number of carbonyl (C=O) groups excluding carboxylic acids is 1. The third-order valence-electron chi connectivity index (χ3n) is 3.89. The molecule has 20 heavy (non-hydrogen) atoms. The topological polar surface area (TPSA) is 41.1 Å². The molecule has 2 N–H and O–H groups in total. The van der Waals surface area contributed by atoms with Crippen molar-refractivity contribution in [2.75, 3.05) is 11.9 Å². The molecule has 0 heterocycles. The third kappa shape index (κ3) is 4.87. The molecule has 0 spiro atoms. The predicted molar refractivity (Wildman–Crippen MR) is 85.8 cm³/mol. The molecule has 112 valence electrons. The highest BCUT2D eigenvalue weighted by atomic mass is 16.2. The van der Waals surface area contributed by atoms with Crippen molar-refractivity contribution in [3.8, 4) is 0 Å². The fourth-order valence-electron chi connectivity index (χ4n) is 2.33. The predicted octanol–water partition coefficient (Wildman–Crippen LogP) is 3.82. The zero-order valence-corrected chi connectivity index (χ0v) is 13.2. The lowest BCUT2D eigenvalue weighted by Gasteiger charge is -2.27. The number of para-hydroxylation sites is 1. The van der Waals surface area contributed by atoms with Gasteiger partial charge in [0.2, 0.25) is 5.91 Å². The van der Waals surface area contributed by atoms with Gasteiger partial charge in [-0.3, -0.25) is 4.79 Å². The smallest absolute Gasteiger partial charge is 0.225 e. The van der Waals surface area contributed by atoms with Crippen molar-refractivity contribution in [2.24, 2.45) is 5.41 Å². The Morgan fingerprint density at radius 3 is 2.45 bits per heavy atom. The van der Waals surface area contributed by atoms with Crippen LogP contribution in [0, 0.1) is 5.41 Å². The quantitative estimate of drug-likeness (QED) is 0.758. The molecule has 0 saturated heterocycles. The number of carbonyl (C=O) groups is 1. The highest BCUT2D eigenvalue weighted by Gasteiger charge is 2.29. The maximum Gasteiger partial charge on any atom is 0.225 e. The van der Waals surface area contributed by atoms with E-state index in [1.165, 1.54) is 0 Å². The van der Waals surface area contributed by atoms with Crippen LogP contribution in [-0.2, 0) is 4.79 Å². The first-order valence-corrected chi connectivity index (χ1v) is 7.61. The van der Waals surface area contributed by atoms with Crippen molar-refractivity contribution >= 4 is 11.6 Å². The normalized spacial score (nSPS) is 15.2. The van der Waals surface area contributed by atoms with E-state index in [2.05, 4.69) is 38.3 Å². The van der Waals surface area contributed by atoms with E-state index < -0.39 is 0 Å². The van der Waals surface area contributed by atoms with E-state index in [0.717, 1.165) is 24.9 Å². The second kappa shape index (κ2) is 7.93. The summed E-state index contributed by atoms with van der Waals surface area (Å²) in [5, 5.41) is 6.46. The molecule has 0 aliphatic heterocycles. The summed E-state index contributed by atoms with van der Waals surface area (Å²) in [6, 6.07) is 10.3. The number of nitrogens with one attached hydrogen (secondary N) is 2. The largest absolute Gasteiger partial charge is 0.381 e. The molecule has 1 aromatic rings. The van der Waals surface area contributed by atoms with Crippen molar-refractivity contribution in [2.45, 2.75) is 53.0 Å². The van der Waals surface area contributed by atoms with Gasteiger partial charge in [-0.05, 0) is 31.9 Å². The number of amides is 1. The first-order chi connectivity index (χ1) is 9.51. The molecule has 0 fully saturated rings. The third-order valence-corrected chi connectivity index (χ3v) is 3.89. The lowest BCUT2D eigenvalue weighted by atomic mass is 9.82. The van der Waals surface area contributed by atoms with Gasteiger partial charge in [0.1, 0.15) is 0 Å². The maximum atomic E-state index is 12.3. The van der Waals surface area contributed by atoms with Crippen molar-refractivity contribution in [3.63, 3.8) is 0 Å². The monoisotopic (exact) mass is 276 g/mol. The maximum absolute atomic E-state index is 12.3. The van der Waals surface area contributed by atoms with Crippen LogP contribution in [0.25, 0.3) is 0 Å². The van der Waals surface area contributed by atoms with Gasteiger partial charge in [0.25, 0.3) is 0 Å². The Morgan fingerprint density at radius 1 is 1.25 bits per heavy atom. The van der Waals surface area contributed by atoms with Crippen LogP contribution in [0.5, 0.6) is 0 Å². The van der Waals surface area contributed by atoms with Gasteiger partial charge in [-0.25, -0.2) is 0 Å². The Morgan fingerprint density at radius 2 is 1.90 bits per heavy atom. The summed E-state index contributed by atoms with van der Waals surface area (Å²) < 4.78 is 0. The van der Waals surface area contributed by atoms with Gasteiger partial charge in [0.15, 0.2) is 0 Å². The standard InChI is InChI=1S/C17H28N2O/c1-5-12-17(4,6-2)16(20)18-13-14(3)19-15-10-8-7-9-11-15/h7-11,14,19H,5-6,12-13H2,1-4H3,(H,18,20). The molecule has 1 amide bonds. The minimum Gasteiger partial charge on any atom is -0.381 e. The molecular formula is C17H28N2O. The molecule has 2 unspecified atom stereocenters. The molecule has 0 aliphatic carbocycles. The Kier molecular flexibility index (Phi) is 6.56. The van der Waals surface area contributed by atoms with E-state index in [4.69, 9.17) is 0 Å². The summed E-state index contributed by atoms with van der Waals surface area (Å²) in [4.78, 5) is 12.3. The molecule has 1 aromatic carbocycles. The van der Waals surface area contributed by atoms with Crippen molar-refractivity contribution < 1.29 is 4.79 Å². The summed E-state index contributed by atoms with van der Waals surface area (Å²) in [7, 11) is 0. The Hall–Kier alpha value is -1.51. The summed E-state index contributed by atoms with van der Waals surface area (Å²) in [5.41, 5.74) is 0.849. The minimum atomic E-state index is -0.235. The van der Waals surface area contributed by atoms with Gasteiger partial charge in [-0.1, -0.05) is 45.4 Å². The van der Waals surface area contributed by atoms with Crippen LogP contribution < -0.4 is 10.6 Å². The van der Waals surface area contributed by atoms with Crippen LogP contribution in [0.1, 0.15) is 47.0 Å². The zero-order chi connectivity index (χ0) is 15.0. The average Bonchev–Trinajstić information content (AvgIpc) is 2.46. The molecule has 1 rings (SSSR count). The fraction of sp³-hybridized carbons (Fsp3) is 0.588. The average molecular weight is 276 g/mol. The van der Waals surface area contributed by atoms with Crippen LogP contribution in [-0.4, -0.2) is 18.5 Å². The molecule has 0 radical (unpaired) electrons. The summed E-state index contributed by atoms with van der Waals surface area (Å²) in [5.74, 6) is 0.170. The second-order valence-electron chi connectivity index (χ2n) is 5.79. The van der Waals surface area contributed by atoms with Crippen molar-refractivity contribution in [1.82, 2.24) is 5.32 Å². The van der Waals surface area contributed by atoms with Crippen LogP contribution in [0.3, 0.4) is 0 Å². The Bertz CT molecular complexity index is 405.